The van der Waals surface area contributed by atoms with E-state index in [4.69, 9.17) is 33.4 Å². The van der Waals surface area contributed by atoms with Gasteiger partial charge in [-0.05, 0) is 37.1 Å². The highest BCUT2D eigenvalue weighted by atomic mass is 35.5. The summed E-state index contributed by atoms with van der Waals surface area (Å²) < 4.78 is 5.93. The third kappa shape index (κ3) is 1.92. The van der Waals surface area contributed by atoms with Crippen molar-refractivity contribution in [1.82, 2.24) is 4.98 Å². The maximum absolute atomic E-state index is 6.37. The summed E-state index contributed by atoms with van der Waals surface area (Å²) in [5.74, 6) is 0.678. The van der Waals surface area contributed by atoms with Crippen LogP contribution in [-0.4, -0.2) is 4.98 Å². The molecule has 1 saturated carbocycles. The molecule has 0 amide bonds. The predicted octanol–water partition coefficient (Wildman–Crippen LogP) is 4.80. The molecular formula is C16H12Cl2N2O. The zero-order valence-corrected chi connectivity index (χ0v) is 12.6. The molecule has 0 radical (unpaired) electrons. The van der Waals surface area contributed by atoms with Crippen molar-refractivity contribution in [3.05, 3.63) is 57.9 Å². The van der Waals surface area contributed by atoms with E-state index in [0.29, 0.717) is 21.6 Å². The van der Waals surface area contributed by atoms with Crippen LogP contribution in [0.3, 0.4) is 0 Å². The zero-order valence-electron chi connectivity index (χ0n) is 11.1. The number of oxazole rings is 1. The van der Waals surface area contributed by atoms with E-state index >= 15 is 0 Å². The fourth-order valence-corrected chi connectivity index (χ4v) is 3.69. The van der Waals surface area contributed by atoms with Gasteiger partial charge in [0.05, 0.1) is 5.41 Å². The second-order valence-electron chi connectivity index (χ2n) is 5.43. The van der Waals surface area contributed by atoms with Crippen LogP contribution in [0.5, 0.6) is 0 Å². The third-order valence-electron chi connectivity index (χ3n) is 4.00. The van der Waals surface area contributed by atoms with E-state index in [1.165, 1.54) is 0 Å². The van der Waals surface area contributed by atoms with Gasteiger partial charge in [0.15, 0.2) is 5.58 Å². The van der Waals surface area contributed by atoms with Gasteiger partial charge in [0.2, 0.25) is 5.89 Å². The smallest absolute Gasteiger partial charge is 0.206 e. The molecule has 0 bridgehead atoms. The van der Waals surface area contributed by atoms with Gasteiger partial charge in [-0.1, -0.05) is 35.3 Å². The summed E-state index contributed by atoms with van der Waals surface area (Å²) in [6.45, 7) is 0. The number of aromatic nitrogens is 1. The Balaban J connectivity index is 1.91. The van der Waals surface area contributed by atoms with Crippen LogP contribution in [0, 0.1) is 0 Å². The van der Waals surface area contributed by atoms with E-state index in [9.17, 15) is 0 Å². The van der Waals surface area contributed by atoms with Crippen LogP contribution in [0.1, 0.15) is 24.3 Å². The number of nitrogens with zero attached hydrogens (tertiary/aromatic N) is 1. The first-order valence-corrected chi connectivity index (χ1v) is 7.47. The fourth-order valence-electron chi connectivity index (χ4n) is 2.82. The number of fused-ring (bicyclic) bond motifs is 1. The quantitative estimate of drug-likeness (QED) is 0.691. The van der Waals surface area contributed by atoms with Crippen molar-refractivity contribution in [2.45, 2.75) is 18.3 Å². The average Bonchev–Trinajstić information content (AvgIpc) is 3.10. The molecule has 0 unspecified atom stereocenters. The van der Waals surface area contributed by atoms with Crippen molar-refractivity contribution in [1.29, 1.82) is 0 Å². The molecular weight excluding hydrogens is 307 g/mol. The van der Waals surface area contributed by atoms with Crippen LogP contribution in [0.4, 0.5) is 5.69 Å². The Kier molecular flexibility index (Phi) is 2.72. The Morgan fingerprint density at radius 2 is 1.76 bits per heavy atom. The van der Waals surface area contributed by atoms with Gasteiger partial charge in [0.25, 0.3) is 0 Å². The van der Waals surface area contributed by atoms with Gasteiger partial charge >= 0.3 is 0 Å². The van der Waals surface area contributed by atoms with E-state index < -0.39 is 0 Å². The van der Waals surface area contributed by atoms with Crippen LogP contribution in [-0.2, 0) is 5.41 Å². The van der Waals surface area contributed by atoms with Crippen LogP contribution in [0.25, 0.3) is 11.1 Å². The Bertz CT molecular complexity index is 796. The van der Waals surface area contributed by atoms with E-state index in [1.807, 2.05) is 24.3 Å². The maximum atomic E-state index is 6.37. The zero-order chi connectivity index (χ0) is 14.6. The highest BCUT2D eigenvalue weighted by Crippen LogP contribution is 2.57. The van der Waals surface area contributed by atoms with Gasteiger partial charge in [-0.3, -0.25) is 0 Å². The Morgan fingerprint density at radius 3 is 2.38 bits per heavy atom. The molecule has 4 rings (SSSR count). The van der Waals surface area contributed by atoms with Crippen LogP contribution in [0.2, 0.25) is 10.0 Å². The van der Waals surface area contributed by atoms with Gasteiger partial charge in [-0.25, -0.2) is 4.98 Å². The molecule has 106 valence electrons. The first-order chi connectivity index (χ1) is 10.1. The molecule has 1 aliphatic rings. The molecule has 2 N–H and O–H groups in total. The fraction of sp³-hybridized carbons (Fsp3) is 0.188. The lowest BCUT2D eigenvalue weighted by atomic mass is 9.95. The monoisotopic (exact) mass is 318 g/mol. The molecule has 0 aliphatic heterocycles. The van der Waals surface area contributed by atoms with Crippen molar-refractivity contribution in [3.8, 4) is 0 Å². The third-order valence-corrected chi connectivity index (χ3v) is 4.59. The first kappa shape index (κ1) is 13.0. The van der Waals surface area contributed by atoms with E-state index in [2.05, 4.69) is 4.98 Å². The summed E-state index contributed by atoms with van der Waals surface area (Å²) in [6, 6.07) is 11.2. The number of nitrogens with two attached hydrogens (primary N) is 1. The van der Waals surface area contributed by atoms with Crippen molar-refractivity contribution in [2.24, 2.45) is 0 Å². The van der Waals surface area contributed by atoms with E-state index in [0.717, 1.165) is 29.5 Å². The molecule has 1 aliphatic carbocycles. The molecule has 0 atom stereocenters. The lowest BCUT2D eigenvalue weighted by Gasteiger charge is -2.16. The number of anilines is 1. The molecule has 21 heavy (non-hydrogen) atoms. The summed E-state index contributed by atoms with van der Waals surface area (Å²) in [5.41, 5.74) is 8.52. The lowest BCUT2D eigenvalue weighted by Crippen LogP contribution is -2.11. The first-order valence-electron chi connectivity index (χ1n) is 6.71. The van der Waals surface area contributed by atoms with Crippen molar-refractivity contribution < 1.29 is 4.42 Å². The topological polar surface area (TPSA) is 52.0 Å². The summed E-state index contributed by atoms with van der Waals surface area (Å²) in [7, 11) is 0. The second-order valence-corrected chi connectivity index (χ2v) is 6.24. The minimum Gasteiger partial charge on any atom is -0.440 e. The van der Waals surface area contributed by atoms with E-state index in [-0.39, 0.29) is 5.41 Å². The van der Waals surface area contributed by atoms with Gasteiger partial charge in [-0.15, -0.1) is 0 Å². The van der Waals surface area contributed by atoms with Crippen molar-refractivity contribution in [2.75, 3.05) is 5.73 Å². The van der Waals surface area contributed by atoms with Gasteiger partial charge in [0.1, 0.15) is 5.52 Å². The van der Waals surface area contributed by atoms with Crippen LogP contribution < -0.4 is 5.73 Å². The number of halogens is 2. The Morgan fingerprint density at radius 1 is 1.10 bits per heavy atom. The molecule has 1 fully saturated rings. The van der Waals surface area contributed by atoms with E-state index in [1.54, 1.807) is 12.1 Å². The number of benzene rings is 2. The number of nitrogen functional groups attached to an aromatic ring is 1. The number of hydrogen-bond acceptors (Lipinski definition) is 3. The Labute approximate surface area is 131 Å². The summed E-state index contributed by atoms with van der Waals surface area (Å²) >= 11 is 12.7. The molecule has 5 heteroatoms. The van der Waals surface area contributed by atoms with Gasteiger partial charge in [-0.2, -0.15) is 0 Å². The minimum absolute atomic E-state index is 0.319. The van der Waals surface area contributed by atoms with Crippen LogP contribution in [0.15, 0.2) is 40.8 Å². The SMILES string of the molecule is Nc1cc(Cl)c(C2(c3nc4ccccc4o3)CC2)c(Cl)c1. The van der Waals surface area contributed by atoms with Crippen molar-refractivity contribution >= 4 is 40.0 Å². The minimum atomic E-state index is -0.319. The van der Waals surface area contributed by atoms with Gasteiger partial charge < -0.3 is 10.2 Å². The normalized spacial score (nSPS) is 16.3. The molecule has 0 spiro atoms. The van der Waals surface area contributed by atoms with Crippen molar-refractivity contribution in [3.63, 3.8) is 0 Å². The molecule has 0 saturated heterocycles. The number of rotatable bonds is 2. The molecule has 2 aromatic carbocycles. The van der Waals surface area contributed by atoms with Gasteiger partial charge in [0, 0.05) is 21.3 Å². The molecule has 1 heterocycles. The number of para-hydroxylation sites is 2. The maximum Gasteiger partial charge on any atom is 0.206 e. The summed E-state index contributed by atoms with van der Waals surface area (Å²) in [5, 5.41) is 1.14. The number of hydrogen-bond donors (Lipinski definition) is 1. The lowest BCUT2D eigenvalue weighted by molar-refractivity contribution is 0.492. The largest absolute Gasteiger partial charge is 0.440 e. The predicted molar refractivity (Wildman–Crippen MR) is 84.9 cm³/mol. The summed E-state index contributed by atoms with van der Waals surface area (Å²) in [6.07, 6.45) is 1.84. The average molecular weight is 319 g/mol. The standard InChI is InChI=1S/C16H12Cl2N2O/c17-10-7-9(19)8-11(18)14(10)16(5-6-16)15-20-12-3-1-2-4-13(12)21-15/h1-4,7-8H,5-6,19H2. The molecule has 3 aromatic rings. The Hall–Kier alpha value is -1.71. The molecule has 1 aromatic heterocycles. The highest BCUT2D eigenvalue weighted by Gasteiger charge is 2.52. The molecule has 3 nitrogen and oxygen atoms in total. The second kappa shape index (κ2) is 4.39. The van der Waals surface area contributed by atoms with Crippen LogP contribution >= 0.6 is 23.2 Å². The summed E-state index contributed by atoms with van der Waals surface area (Å²) in [4.78, 5) is 4.61. The highest BCUT2D eigenvalue weighted by molar-refractivity contribution is 6.36.